The molecule has 0 aliphatic carbocycles. The van der Waals surface area contributed by atoms with Crippen molar-refractivity contribution < 1.29 is 0 Å². The first-order valence-corrected chi connectivity index (χ1v) is 14.5. The molecule has 0 radical (unpaired) electrons. The Balaban J connectivity index is 2.44. The summed E-state index contributed by atoms with van der Waals surface area (Å²) in [6.45, 7) is 4.71. The van der Waals surface area contributed by atoms with Gasteiger partial charge in [-0.15, -0.1) is 15.3 Å². The van der Waals surface area contributed by atoms with Gasteiger partial charge in [-0.3, -0.25) is 0 Å². The van der Waals surface area contributed by atoms with Gasteiger partial charge in [-0.2, -0.15) is 0 Å². The van der Waals surface area contributed by atoms with E-state index in [1.807, 2.05) is 0 Å². The largest absolute Gasteiger partial charge is 0.131 e. The SMILES string of the molecule is CCCC[Si]1(CCCC)CC[SiH](Br)CC1. The van der Waals surface area contributed by atoms with Crippen LogP contribution < -0.4 is 0 Å². The summed E-state index contributed by atoms with van der Waals surface area (Å²) in [7, 11) is -1.16. The summed E-state index contributed by atoms with van der Waals surface area (Å²) in [6.07, 6.45) is 5.86. The van der Waals surface area contributed by atoms with Crippen LogP contribution in [0.1, 0.15) is 39.5 Å². The smallest absolute Gasteiger partial charge is 0.114 e. The molecule has 1 aliphatic heterocycles. The van der Waals surface area contributed by atoms with Crippen LogP contribution in [0.5, 0.6) is 0 Å². The van der Waals surface area contributed by atoms with E-state index in [4.69, 9.17) is 0 Å². The van der Waals surface area contributed by atoms with Gasteiger partial charge in [0.25, 0.3) is 0 Å². The fourth-order valence-corrected chi connectivity index (χ4v) is 18.4. The molecule has 0 unspecified atom stereocenters. The fraction of sp³-hybridized carbons (Fsp3) is 1.00. The van der Waals surface area contributed by atoms with Gasteiger partial charge < -0.3 is 0 Å². The number of hydrogen-bond acceptors (Lipinski definition) is 0. The lowest BCUT2D eigenvalue weighted by atomic mass is 10.4. The van der Waals surface area contributed by atoms with Gasteiger partial charge in [0, 0.05) is 0 Å². The first kappa shape index (κ1) is 14.0. The van der Waals surface area contributed by atoms with Crippen LogP contribution in [-0.2, 0) is 0 Å². The molecule has 0 spiro atoms. The normalized spacial score (nSPS) is 21.8. The summed E-state index contributed by atoms with van der Waals surface area (Å²) in [6, 6.07) is 9.87. The van der Waals surface area contributed by atoms with E-state index in [9.17, 15) is 0 Å². The molecule has 1 aliphatic rings. The van der Waals surface area contributed by atoms with E-state index < -0.39 is 15.5 Å². The molecular weight excluding hydrogens is 280 g/mol. The fourth-order valence-electron chi connectivity index (χ4n) is 2.92. The van der Waals surface area contributed by atoms with Crippen molar-refractivity contribution in [2.75, 3.05) is 0 Å². The van der Waals surface area contributed by atoms with Gasteiger partial charge in [-0.1, -0.05) is 75.8 Å². The van der Waals surface area contributed by atoms with Gasteiger partial charge in [0.05, 0.1) is 8.07 Å². The lowest BCUT2D eigenvalue weighted by Gasteiger charge is -2.37. The van der Waals surface area contributed by atoms with Crippen molar-refractivity contribution in [1.82, 2.24) is 0 Å². The highest BCUT2D eigenvalue weighted by atomic mass is 79.9. The van der Waals surface area contributed by atoms with Gasteiger partial charge in [-0.25, -0.2) is 0 Å². The van der Waals surface area contributed by atoms with Crippen molar-refractivity contribution in [1.29, 1.82) is 0 Å². The zero-order valence-electron chi connectivity index (χ0n) is 10.5. The zero-order chi connectivity index (χ0) is 11.1. The Morgan fingerprint density at radius 1 is 1.00 bits per heavy atom. The maximum Gasteiger partial charge on any atom is 0.114 e. The molecule has 0 aromatic rings. The van der Waals surface area contributed by atoms with E-state index in [-0.39, 0.29) is 0 Å². The molecular formula is C12H27BrSi2. The lowest BCUT2D eigenvalue weighted by Crippen LogP contribution is -2.38. The summed E-state index contributed by atoms with van der Waals surface area (Å²) in [4.78, 5) is 0. The third-order valence-electron chi connectivity index (χ3n) is 4.10. The molecule has 1 heterocycles. The van der Waals surface area contributed by atoms with Gasteiger partial charge in [-0.05, 0) is 0 Å². The van der Waals surface area contributed by atoms with Gasteiger partial charge in [0.15, 0.2) is 0 Å². The molecule has 0 amide bonds. The minimum absolute atomic E-state index is 0.397. The Hall–Kier alpha value is 0.914. The molecule has 90 valence electrons. The van der Waals surface area contributed by atoms with E-state index in [1.165, 1.54) is 25.7 Å². The van der Waals surface area contributed by atoms with E-state index in [2.05, 4.69) is 29.1 Å². The molecule has 1 saturated heterocycles. The molecule has 0 bridgehead atoms. The molecule has 15 heavy (non-hydrogen) atoms. The Labute approximate surface area is 106 Å². The topological polar surface area (TPSA) is 0 Å². The second-order valence-corrected chi connectivity index (χ2v) is 16.6. The van der Waals surface area contributed by atoms with E-state index in [0.717, 1.165) is 0 Å². The molecule has 0 saturated carbocycles. The summed E-state index contributed by atoms with van der Waals surface area (Å²) < 4.78 is 0. The molecule has 0 atom stereocenters. The van der Waals surface area contributed by atoms with Crippen LogP contribution >= 0.6 is 15.3 Å². The van der Waals surface area contributed by atoms with Crippen LogP contribution in [0.15, 0.2) is 0 Å². The minimum atomic E-state index is -0.762. The van der Waals surface area contributed by atoms with Crippen molar-refractivity contribution in [2.45, 2.75) is 75.8 Å². The molecule has 0 aromatic heterocycles. The van der Waals surface area contributed by atoms with Gasteiger partial charge in [0.1, 0.15) is 7.42 Å². The summed E-state index contributed by atoms with van der Waals surface area (Å²) in [5.74, 6) is 0. The van der Waals surface area contributed by atoms with E-state index in [0.29, 0.717) is 0 Å². The van der Waals surface area contributed by atoms with Crippen LogP contribution in [0.25, 0.3) is 0 Å². The third-order valence-corrected chi connectivity index (χ3v) is 15.4. The monoisotopic (exact) mass is 306 g/mol. The minimum Gasteiger partial charge on any atom is -0.131 e. The lowest BCUT2D eigenvalue weighted by molar-refractivity contribution is 0.811. The maximum atomic E-state index is 3.94. The quantitative estimate of drug-likeness (QED) is 0.469. The first-order valence-electron chi connectivity index (χ1n) is 6.86. The van der Waals surface area contributed by atoms with Gasteiger partial charge >= 0.3 is 0 Å². The van der Waals surface area contributed by atoms with Gasteiger partial charge in [0.2, 0.25) is 0 Å². The van der Waals surface area contributed by atoms with Crippen LogP contribution in [0.2, 0.25) is 36.3 Å². The molecule has 0 aromatic carbocycles. The van der Waals surface area contributed by atoms with Crippen LogP contribution in [0, 0.1) is 0 Å². The van der Waals surface area contributed by atoms with E-state index in [1.54, 1.807) is 36.3 Å². The first-order chi connectivity index (χ1) is 7.22. The molecule has 0 nitrogen and oxygen atoms in total. The Morgan fingerprint density at radius 2 is 1.47 bits per heavy atom. The Bertz CT molecular complexity index is 147. The Kier molecular flexibility index (Phi) is 6.78. The highest BCUT2D eigenvalue weighted by molar-refractivity contribution is 9.24. The van der Waals surface area contributed by atoms with Crippen molar-refractivity contribution in [2.24, 2.45) is 0 Å². The summed E-state index contributed by atoms with van der Waals surface area (Å²) in [5.41, 5.74) is 0. The molecule has 3 heteroatoms. The number of rotatable bonds is 6. The third kappa shape index (κ3) is 4.74. The molecule has 1 rings (SSSR count). The maximum absolute atomic E-state index is 3.94. The van der Waals surface area contributed by atoms with Crippen LogP contribution in [0.3, 0.4) is 0 Å². The average Bonchev–Trinajstić information content (AvgIpc) is 2.27. The second kappa shape index (κ2) is 7.28. The number of unbranched alkanes of at least 4 members (excludes halogenated alkanes) is 2. The predicted molar refractivity (Wildman–Crippen MR) is 80.5 cm³/mol. The van der Waals surface area contributed by atoms with Crippen molar-refractivity contribution in [3.8, 4) is 0 Å². The van der Waals surface area contributed by atoms with E-state index >= 15 is 0 Å². The standard InChI is InChI=1S/C12H27BrSi2/c1-3-5-9-15(10-6-4-2)11-7-14(13)8-12-15/h14H,3-12H2,1-2H3. The number of hydrogen-bond donors (Lipinski definition) is 0. The summed E-state index contributed by atoms with van der Waals surface area (Å²) >= 11 is 3.94. The van der Waals surface area contributed by atoms with Crippen molar-refractivity contribution in [3.05, 3.63) is 0 Å². The zero-order valence-corrected chi connectivity index (χ0v) is 14.3. The predicted octanol–water partition coefficient (Wildman–Crippen LogP) is 5.17. The second-order valence-electron chi connectivity index (χ2n) is 5.38. The van der Waals surface area contributed by atoms with Crippen molar-refractivity contribution >= 4 is 30.8 Å². The summed E-state index contributed by atoms with van der Waals surface area (Å²) in [5, 5.41) is 0. The highest BCUT2D eigenvalue weighted by Crippen LogP contribution is 2.39. The number of halogens is 1. The van der Waals surface area contributed by atoms with Crippen molar-refractivity contribution in [3.63, 3.8) is 0 Å². The van der Waals surface area contributed by atoms with Crippen LogP contribution in [-0.4, -0.2) is 15.5 Å². The van der Waals surface area contributed by atoms with Crippen LogP contribution in [0.4, 0.5) is 0 Å². The molecule has 0 N–H and O–H groups in total. The Morgan fingerprint density at radius 3 is 1.87 bits per heavy atom. The highest BCUT2D eigenvalue weighted by Gasteiger charge is 2.35. The average molecular weight is 307 g/mol. The molecule has 1 fully saturated rings.